The van der Waals surface area contributed by atoms with Crippen LogP contribution in [0.4, 0.5) is 15.3 Å². The number of hydrogen-bond acceptors (Lipinski definition) is 9. The zero-order chi connectivity index (χ0) is 28.4. The van der Waals surface area contributed by atoms with Gasteiger partial charge in [-0.2, -0.15) is 0 Å². The Hall–Kier alpha value is -2.97. The third-order valence-corrected chi connectivity index (χ3v) is 8.05. The van der Waals surface area contributed by atoms with Crippen molar-refractivity contribution >= 4 is 45.4 Å². The Kier molecular flexibility index (Phi) is 8.47. The number of pyridine rings is 1. The van der Waals surface area contributed by atoms with Crippen molar-refractivity contribution in [2.45, 2.75) is 44.6 Å². The van der Waals surface area contributed by atoms with Crippen LogP contribution in [0.2, 0.25) is 0 Å². The molecule has 10 nitrogen and oxygen atoms in total. The Morgan fingerprint density at radius 2 is 2.00 bits per heavy atom. The molecule has 5 heterocycles. The second-order valence-corrected chi connectivity index (χ2v) is 11.8. The molecule has 1 amide bonds. The smallest absolute Gasteiger partial charge is 0.253 e. The molecule has 0 spiro atoms. The highest BCUT2D eigenvalue weighted by atomic mass is 32.1. The summed E-state index contributed by atoms with van der Waals surface area (Å²) >= 11 is 6.95. The first-order chi connectivity index (χ1) is 19.1. The van der Waals surface area contributed by atoms with E-state index in [0.29, 0.717) is 53.4 Å². The van der Waals surface area contributed by atoms with Gasteiger partial charge in [-0.25, -0.2) is 14.4 Å². The highest BCUT2D eigenvalue weighted by Gasteiger charge is 2.35. The molecule has 13 heteroatoms. The van der Waals surface area contributed by atoms with Crippen LogP contribution < -0.4 is 15.5 Å². The number of carbonyl (C=O) groups is 1. The third-order valence-electron chi connectivity index (χ3n) is 6.90. The number of nitrogens with zero attached hydrogens (tertiary/aromatic N) is 4. The maximum Gasteiger partial charge on any atom is 0.253 e. The molecule has 0 unspecified atom stereocenters. The first-order valence-electron chi connectivity index (χ1n) is 13.0. The van der Waals surface area contributed by atoms with Crippen molar-refractivity contribution in [3.05, 3.63) is 47.4 Å². The van der Waals surface area contributed by atoms with E-state index in [0.717, 1.165) is 0 Å². The fraction of sp³-hybridized carbons (Fsp3) is 0.481. The van der Waals surface area contributed by atoms with Crippen LogP contribution in [0, 0.1) is 5.82 Å². The summed E-state index contributed by atoms with van der Waals surface area (Å²) in [6.07, 6.45) is 3.65. The molecule has 2 aliphatic heterocycles. The molecule has 0 aromatic carbocycles. The summed E-state index contributed by atoms with van der Waals surface area (Å²) in [7, 11) is 1.55. The first-order valence-corrected chi connectivity index (χ1v) is 14.3. The van der Waals surface area contributed by atoms with E-state index in [1.165, 1.54) is 17.4 Å². The van der Waals surface area contributed by atoms with Crippen molar-refractivity contribution in [3.8, 4) is 11.4 Å². The molecule has 0 bridgehead atoms. The van der Waals surface area contributed by atoms with Gasteiger partial charge in [-0.05, 0) is 39.0 Å². The minimum atomic E-state index is -0.577. The van der Waals surface area contributed by atoms with Crippen molar-refractivity contribution in [2.75, 3.05) is 50.2 Å². The zero-order valence-corrected chi connectivity index (χ0v) is 24.5. The molecule has 3 aromatic heterocycles. The highest BCUT2D eigenvalue weighted by molar-refractivity contribution is 7.80. The Morgan fingerprint density at radius 1 is 1.25 bits per heavy atom. The van der Waals surface area contributed by atoms with Crippen LogP contribution in [0.1, 0.15) is 31.1 Å². The van der Waals surface area contributed by atoms with Crippen LogP contribution in [-0.4, -0.2) is 83.7 Å². The lowest BCUT2D eigenvalue weighted by Gasteiger charge is -2.39. The minimum Gasteiger partial charge on any atom is -0.382 e. The molecule has 3 aromatic rings. The standard InChI is InChI=1S/C27H33FN6O4S2/c1-16-9-33(10-17(2)38-16)23-19(28)5-6-20(29-23)22-13-40-26(31-22)32-25(39)21(12-36-4)30-24(35)18-7-8-34(11-18)27(3)14-37-15-27/h5-8,11,13,16-17,21H,9-10,12,14-15H2,1-4H3,(H,30,35)(H,31,32,39)/t16-,17+,21-/m0/s1. The Balaban J connectivity index is 1.25. The molecule has 2 fully saturated rings. The van der Waals surface area contributed by atoms with Crippen LogP contribution in [0.3, 0.4) is 0 Å². The van der Waals surface area contributed by atoms with Crippen LogP contribution in [0.15, 0.2) is 36.0 Å². The first kappa shape index (κ1) is 28.6. The van der Waals surface area contributed by atoms with Gasteiger partial charge in [0.1, 0.15) is 16.7 Å². The molecule has 0 radical (unpaired) electrons. The molecule has 2 saturated heterocycles. The van der Waals surface area contributed by atoms with E-state index in [1.54, 1.807) is 19.2 Å². The van der Waals surface area contributed by atoms with Crippen molar-refractivity contribution in [1.82, 2.24) is 19.9 Å². The summed E-state index contributed by atoms with van der Waals surface area (Å²) in [6.45, 7) is 8.53. The number of morpholine rings is 1. The topological polar surface area (TPSA) is 103 Å². The Morgan fingerprint density at radius 3 is 2.67 bits per heavy atom. The molecule has 40 heavy (non-hydrogen) atoms. The van der Waals surface area contributed by atoms with Gasteiger partial charge in [-0.3, -0.25) is 4.79 Å². The number of halogens is 1. The normalized spacial score (nSPS) is 21.0. The number of amides is 1. The lowest BCUT2D eigenvalue weighted by Crippen LogP contribution is -2.48. The molecular weight excluding hydrogens is 555 g/mol. The van der Waals surface area contributed by atoms with Gasteiger partial charge in [0.05, 0.1) is 48.8 Å². The summed E-state index contributed by atoms with van der Waals surface area (Å²) in [4.78, 5) is 24.5. The van der Waals surface area contributed by atoms with Crippen LogP contribution >= 0.6 is 23.6 Å². The Labute approximate surface area is 241 Å². The summed E-state index contributed by atoms with van der Waals surface area (Å²) in [5.41, 5.74) is 1.53. The SMILES string of the molecule is COC[C@H](NC(=O)c1ccn(C2(C)COC2)c1)C(=S)Nc1nc(-c2ccc(F)c(N3C[C@@H](C)O[C@@H](C)C3)n2)cs1. The van der Waals surface area contributed by atoms with Crippen molar-refractivity contribution in [2.24, 2.45) is 0 Å². The number of ether oxygens (including phenoxy) is 3. The number of carbonyl (C=O) groups excluding carboxylic acids is 1. The summed E-state index contributed by atoms with van der Waals surface area (Å²) in [5, 5.41) is 8.42. The second-order valence-electron chi connectivity index (χ2n) is 10.5. The molecule has 0 saturated carbocycles. The fourth-order valence-electron chi connectivity index (χ4n) is 4.79. The number of hydrogen-bond donors (Lipinski definition) is 2. The number of thiazole rings is 1. The van der Waals surface area contributed by atoms with E-state index < -0.39 is 6.04 Å². The van der Waals surface area contributed by atoms with Gasteiger partial charge in [0.15, 0.2) is 16.8 Å². The van der Waals surface area contributed by atoms with E-state index in [9.17, 15) is 9.18 Å². The molecule has 214 valence electrons. The molecule has 2 N–H and O–H groups in total. The van der Waals surface area contributed by atoms with Crippen molar-refractivity contribution in [1.29, 1.82) is 0 Å². The average Bonchev–Trinajstić information content (AvgIpc) is 3.57. The average molecular weight is 589 g/mol. The second kappa shape index (κ2) is 11.9. The number of rotatable bonds is 9. The van der Waals surface area contributed by atoms with Gasteiger partial charge in [0, 0.05) is 38.0 Å². The largest absolute Gasteiger partial charge is 0.382 e. The maximum absolute atomic E-state index is 14.7. The van der Waals surface area contributed by atoms with E-state index in [4.69, 9.17) is 26.4 Å². The van der Waals surface area contributed by atoms with Gasteiger partial charge >= 0.3 is 0 Å². The fourth-order valence-corrected chi connectivity index (χ4v) is 5.80. The monoisotopic (exact) mass is 588 g/mol. The number of methoxy groups -OCH3 is 1. The lowest BCUT2D eigenvalue weighted by molar-refractivity contribution is -0.0895. The summed E-state index contributed by atoms with van der Waals surface area (Å²) in [5.74, 6) is -0.361. The van der Waals surface area contributed by atoms with Gasteiger partial charge < -0.3 is 34.3 Å². The maximum atomic E-state index is 14.7. The van der Waals surface area contributed by atoms with Gasteiger partial charge in [0.2, 0.25) is 0 Å². The van der Waals surface area contributed by atoms with Gasteiger partial charge in [0.25, 0.3) is 5.91 Å². The molecular formula is C27H33FN6O4S2. The predicted molar refractivity (Wildman–Crippen MR) is 156 cm³/mol. The molecule has 3 atom stereocenters. The predicted octanol–water partition coefficient (Wildman–Crippen LogP) is 3.69. The molecule has 2 aliphatic rings. The van der Waals surface area contributed by atoms with Crippen molar-refractivity contribution in [3.63, 3.8) is 0 Å². The number of nitrogens with one attached hydrogen (secondary N) is 2. The van der Waals surface area contributed by atoms with Crippen LogP contribution in [0.25, 0.3) is 11.4 Å². The zero-order valence-electron chi connectivity index (χ0n) is 22.8. The van der Waals surface area contributed by atoms with E-state index in [-0.39, 0.29) is 41.9 Å². The Bertz CT molecular complexity index is 1370. The summed E-state index contributed by atoms with van der Waals surface area (Å²) < 4.78 is 33.1. The number of anilines is 2. The third kappa shape index (κ3) is 6.18. The van der Waals surface area contributed by atoms with Gasteiger partial charge in [-0.15, -0.1) is 11.3 Å². The quantitative estimate of drug-likeness (QED) is 0.363. The summed E-state index contributed by atoms with van der Waals surface area (Å²) in [6, 6.07) is 4.22. The van der Waals surface area contributed by atoms with E-state index in [1.807, 2.05) is 41.1 Å². The molecule has 0 aliphatic carbocycles. The molecule has 5 rings (SSSR count). The van der Waals surface area contributed by atoms with Crippen LogP contribution in [-0.2, 0) is 19.7 Å². The highest BCUT2D eigenvalue weighted by Crippen LogP contribution is 2.29. The minimum absolute atomic E-state index is 0.0224. The van der Waals surface area contributed by atoms with E-state index in [2.05, 4.69) is 27.5 Å². The van der Waals surface area contributed by atoms with Crippen LogP contribution in [0.5, 0.6) is 0 Å². The number of aromatic nitrogens is 3. The van der Waals surface area contributed by atoms with E-state index >= 15 is 0 Å². The van der Waals surface area contributed by atoms with Crippen molar-refractivity contribution < 1.29 is 23.4 Å². The lowest BCUT2D eigenvalue weighted by atomic mass is 10.0. The number of thiocarbonyl (C=S) groups is 1. The van der Waals surface area contributed by atoms with Gasteiger partial charge in [-0.1, -0.05) is 12.2 Å².